The van der Waals surface area contributed by atoms with Crippen LogP contribution in [0.5, 0.6) is 0 Å². The molecule has 2 saturated heterocycles. The van der Waals surface area contributed by atoms with Gasteiger partial charge < -0.3 is 14.8 Å². The van der Waals surface area contributed by atoms with Crippen molar-refractivity contribution in [1.29, 1.82) is 0 Å². The molecule has 11 heteroatoms. The molecule has 0 bridgehead atoms. The zero-order chi connectivity index (χ0) is 22.4. The molecule has 166 valence electrons. The second-order valence-corrected chi connectivity index (χ2v) is 8.07. The molecule has 0 spiro atoms. The van der Waals surface area contributed by atoms with Crippen LogP contribution in [0.15, 0.2) is 15.7 Å². The van der Waals surface area contributed by atoms with Crippen molar-refractivity contribution in [2.24, 2.45) is 14.1 Å². The molecular formula is C20H26N6O5. The van der Waals surface area contributed by atoms with Crippen molar-refractivity contribution in [3.8, 4) is 0 Å². The van der Waals surface area contributed by atoms with E-state index in [1.807, 2.05) is 6.92 Å². The number of amides is 4. The summed E-state index contributed by atoms with van der Waals surface area (Å²) in [5.74, 6) is -0.468. The zero-order valence-electron chi connectivity index (χ0n) is 17.9. The summed E-state index contributed by atoms with van der Waals surface area (Å²) < 4.78 is 4.17. The van der Waals surface area contributed by atoms with Crippen molar-refractivity contribution in [2.45, 2.75) is 38.8 Å². The lowest BCUT2D eigenvalue weighted by atomic mass is 10.0. The molecule has 0 radical (unpaired) electrons. The van der Waals surface area contributed by atoms with E-state index in [0.29, 0.717) is 49.2 Å². The summed E-state index contributed by atoms with van der Waals surface area (Å²) in [5.41, 5.74) is -0.0725. The summed E-state index contributed by atoms with van der Waals surface area (Å²) in [7, 11) is 3.01. The highest BCUT2D eigenvalue weighted by Crippen LogP contribution is 2.23. The number of likely N-dealkylation sites (tertiary alicyclic amines) is 1. The first kappa shape index (κ1) is 20.9. The molecule has 2 aliphatic heterocycles. The molecule has 4 heterocycles. The fraction of sp³-hybridized carbons (Fsp3) is 0.550. The maximum Gasteiger partial charge on any atom is 0.332 e. The van der Waals surface area contributed by atoms with Crippen LogP contribution in [-0.2, 0) is 25.4 Å². The molecule has 31 heavy (non-hydrogen) atoms. The summed E-state index contributed by atoms with van der Waals surface area (Å²) in [5, 5.41) is 2.86. The van der Waals surface area contributed by atoms with Gasteiger partial charge in [-0.1, -0.05) is 6.92 Å². The van der Waals surface area contributed by atoms with Crippen molar-refractivity contribution in [3.05, 3.63) is 32.6 Å². The summed E-state index contributed by atoms with van der Waals surface area (Å²) in [6.45, 7) is 3.26. The maximum absolute atomic E-state index is 13.4. The highest BCUT2D eigenvalue weighted by molar-refractivity contribution is 6.02. The van der Waals surface area contributed by atoms with Gasteiger partial charge in [0.25, 0.3) is 11.5 Å². The number of aromatic nitrogens is 3. The van der Waals surface area contributed by atoms with E-state index in [1.165, 1.54) is 16.5 Å². The van der Waals surface area contributed by atoms with Gasteiger partial charge in [0.1, 0.15) is 11.3 Å². The Hall–Kier alpha value is -3.37. The van der Waals surface area contributed by atoms with Crippen LogP contribution >= 0.6 is 0 Å². The molecule has 0 unspecified atom stereocenters. The van der Waals surface area contributed by atoms with Crippen LogP contribution in [-0.4, -0.2) is 67.0 Å². The number of hydrogen-bond donors (Lipinski definition) is 1. The Morgan fingerprint density at radius 1 is 1.10 bits per heavy atom. The van der Waals surface area contributed by atoms with Gasteiger partial charge in [-0.3, -0.25) is 28.4 Å². The molecule has 0 aliphatic carbocycles. The Morgan fingerprint density at radius 3 is 2.35 bits per heavy atom. The van der Waals surface area contributed by atoms with Crippen LogP contribution in [0.2, 0.25) is 0 Å². The highest BCUT2D eigenvalue weighted by Gasteiger charge is 2.37. The van der Waals surface area contributed by atoms with Crippen molar-refractivity contribution < 1.29 is 14.4 Å². The molecule has 2 fully saturated rings. The highest BCUT2D eigenvalue weighted by atomic mass is 16.2. The number of piperidine rings is 1. The van der Waals surface area contributed by atoms with Gasteiger partial charge in [0, 0.05) is 39.8 Å². The quantitative estimate of drug-likeness (QED) is 0.663. The van der Waals surface area contributed by atoms with Gasteiger partial charge >= 0.3 is 11.7 Å². The van der Waals surface area contributed by atoms with Crippen molar-refractivity contribution in [2.75, 3.05) is 19.6 Å². The molecule has 2 aromatic heterocycles. The molecule has 2 aliphatic rings. The number of rotatable bonds is 4. The van der Waals surface area contributed by atoms with Crippen molar-refractivity contribution in [3.63, 3.8) is 0 Å². The molecular weight excluding hydrogens is 404 g/mol. The van der Waals surface area contributed by atoms with E-state index in [0.717, 1.165) is 11.0 Å². The van der Waals surface area contributed by atoms with Gasteiger partial charge in [-0.25, -0.2) is 9.59 Å². The summed E-state index contributed by atoms with van der Waals surface area (Å²) >= 11 is 0. The minimum absolute atomic E-state index is 0.0166. The summed E-state index contributed by atoms with van der Waals surface area (Å²) in [4.78, 5) is 65.2. The molecule has 0 atom stereocenters. The predicted octanol–water partition coefficient (Wildman–Crippen LogP) is -0.395. The third-order valence-electron chi connectivity index (χ3n) is 6.16. The Labute approximate surface area is 177 Å². The summed E-state index contributed by atoms with van der Waals surface area (Å²) in [6.07, 6.45) is 1.72. The number of aryl methyl sites for hydroxylation is 2. The number of fused-ring (bicyclic) bond motifs is 1. The van der Waals surface area contributed by atoms with Gasteiger partial charge in [-0.05, 0) is 25.3 Å². The fourth-order valence-corrected chi connectivity index (χ4v) is 4.56. The van der Waals surface area contributed by atoms with Crippen LogP contribution in [0.1, 0.15) is 36.7 Å². The topological polar surface area (TPSA) is 119 Å². The number of nitrogens with zero attached hydrogens (tertiary/aromatic N) is 5. The molecule has 11 nitrogen and oxygen atoms in total. The lowest BCUT2D eigenvalue weighted by Gasteiger charge is -2.35. The summed E-state index contributed by atoms with van der Waals surface area (Å²) in [6, 6.07) is 0.960. The number of imide groups is 1. The average molecular weight is 430 g/mol. The average Bonchev–Trinajstić information content (AvgIpc) is 3.30. The van der Waals surface area contributed by atoms with Gasteiger partial charge in [-0.15, -0.1) is 0 Å². The fourth-order valence-electron chi connectivity index (χ4n) is 4.56. The second-order valence-electron chi connectivity index (χ2n) is 8.07. The van der Waals surface area contributed by atoms with Crippen LogP contribution < -0.4 is 16.6 Å². The monoisotopic (exact) mass is 430 g/mol. The number of carbonyl (C=O) groups is 3. The van der Waals surface area contributed by atoms with Gasteiger partial charge in [-0.2, -0.15) is 0 Å². The standard InChI is InChI=1S/C20H26N6O5/c1-4-7-25-14(10-13-16(25)22(2)20(31)23(3)17(13)28)18(29)24-8-5-12(6-9-24)26-15(27)11-21-19(26)30/h10,12H,4-9,11H2,1-3H3,(H,21,30). The normalized spacial score (nSPS) is 17.6. The van der Waals surface area contributed by atoms with E-state index >= 15 is 0 Å². The van der Waals surface area contributed by atoms with Gasteiger partial charge in [0.05, 0.1) is 11.9 Å². The third-order valence-corrected chi connectivity index (χ3v) is 6.16. The molecule has 4 rings (SSSR count). The number of hydrogen-bond acceptors (Lipinski definition) is 5. The van der Waals surface area contributed by atoms with E-state index in [9.17, 15) is 24.0 Å². The Morgan fingerprint density at radius 2 is 1.77 bits per heavy atom. The van der Waals surface area contributed by atoms with E-state index in [1.54, 1.807) is 22.6 Å². The SMILES string of the molecule is CCCn1c(C(=O)N2CCC(N3C(=O)CNC3=O)CC2)cc2c(=O)n(C)c(=O)n(C)c21. The third kappa shape index (κ3) is 3.24. The Kier molecular flexibility index (Phi) is 5.19. The first-order chi connectivity index (χ1) is 14.8. The molecule has 4 amide bonds. The van der Waals surface area contributed by atoms with Gasteiger partial charge in [0.2, 0.25) is 5.91 Å². The van der Waals surface area contributed by atoms with Crippen molar-refractivity contribution in [1.82, 2.24) is 28.8 Å². The van der Waals surface area contributed by atoms with Crippen molar-refractivity contribution >= 4 is 28.9 Å². The van der Waals surface area contributed by atoms with E-state index in [2.05, 4.69) is 5.32 Å². The molecule has 0 saturated carbocycles. The molecule has 0 aromatic carbocycles. The number of nitrogens with one attached hydrogen (secondary N) is 1. The van der Waals surface area contributed by atoms with Crippen LogP contribution in [0.25, 0.3) is 11.0 Å². The number of carbonyl (C=O) groups excluding carboxylic acids is 3. The molecule has 2 aromatic rings. The van der Waals surface area contributed by atoms with E-state index in [-0.39, 0.29) is 30.4 Å². The Balaban J connectivity index is 1.65. The van der Waals surface area contributed by atoms with Crippen LogP contribution in [0.4, 0.5) is 4.79 Å². The number of urea groups is 1. The van der Waals surface area contributed by atoms with Gasteiger partial charge in [0.15, 0.2) is 0 Å². The maximum atomic E-state index is 13.4. The zero-order valence-corrected chi connectivity index (χ0v) is 17.9. The van der Waals surface area contributed by atoms with Crippen LogP contribution in [0, 0.1) is 0 Å². The minimum atomic E-state index is -0.443. The first-order valence-corrected chi connectivity index (χ1v) is 10.4. The molecule has 1 N–H and O–H groups in total. The smallest absolute Gasteiger partial charge is 0.332 e. The van der Waals surface area contributed by atoms with Crippen LogP contribution in [0.3, 0.4) is 0 Å². The van der Waals surface area contributed by atoms with E-state index < -0.39 is 11.2 Å². The van der Waals surface area contributed by atoms with E-state index in [4.69, 9.17) is 0 Å². The second kappa shape index (κ2) is 7.71. The lowest BCUT2D eigenvalue weighted by Crippen LogP contribution is -2.49. The predicted molar refractivity (Wildman–Crippen MR) is 112 cm³/mol. The Bertz CT molecular complexity index is 1180. The minimum Gasteiger partial charge on any atom is -0.337 e. The largest absolute Gasteiger partial charge is 0.337 e. The lowest BCUT2D eigenvalue weighted by molar-refractivity contribution is -0.127. The first-order valence-electron chi connectivity index (χ1n) is 10.4.